The SMILES string of the molecule is COCCOC(=O)C1=C(C)NC2=C(C(=O)C[C@@H](c3ccc(OC)c(OC)c3)C2)[C@@H]1c1ccc(O)c(OC)c1. The van der Waals surface area contributed by atoms with E-state index in [2.05, 4.69) is 5.32 Å². The Bertz CT molecular complexity index is 1300. The highest BCUT2D eigenvalue weighted by Crippen LogP contribution is 2.47. The highest BCUT2D eigenvalue weighted by molar-refractivity contribution is 6.04. The molecule has 1 aliphatic heterocycles. The van der Waals surface area contributed by atoms with Crippen LogP contribution in [-0.4, -0.2) is 58.5 Å². The molecular formula is C29H33NO8. The number of phenols is 1. The maximum absolute atomic E-state index is 13.8. The van der Waals surface area contributed by atoms with Crippen molar-refractivity contribution in [3.8, 4) is 23.0 Å². The molecular weight excluding hydrogens is 490 g/mol. The van der Waals surface area contributed by atoms with E-state index in [0.29, 0.717) is 40.3 Å². The van der Waals surface area contributed by atoms with Gasteiger partial charge in [-0.2, -0.15) is 0 Å². The number of hydrogen-bond donors (Lipinski definition) is 2. The van der Waals surface area contributed by atoms with E-state index >= 15 is 0 Å². The van der Waals surface area contributed by atoms with Gasteiger partial charge >= 0.3 is 5.97 Å². The average Bonchev–Trinajstić information content (AvgIpc) is 2.92. The maximum atomic E-state index is 13.8. The van der Waals surface area contributed by atoms with Crippen molar-refractivity contribution in [3.63, 3.8) is 0 Å². The Morgan fingerprint density at radius 2 is 1.61 bits per heavy atom. The molecule has 2 aliphatic rings. The summed E-state index contributed by atoms with van der Waals surface area (Å²) in [5.41, 5.74) is 3.81. The van der Waals surface area contributed by atoms with Crippen LogP contribution in [0.25, 0.3) is 0 Å². The Balaban J connectivity index is 1.77. The van der Waals surface area contributed by atoms with Gasteiger partial charge in [-0.05, 0) is 54.7 Å². The van der Waals surface area contributed by atoms with Crippen molar-refractivity contribution >= 4 is 11.8 Å². The normalized spacial score (nSPS) is 19.0. The number of allylic oxidation sites excluding steroid dienone is 3. The summed E-state index contributed by atoms with van der Waals surface area (Å²) in [5.74, 6) is 0.0371. The smallest absolute Gasteiger partial charge is 0.336 e. The van der Waals surface area contributed by atoms with Gasteiger partial charge in [-0.3, -0.25) is 4.79 Å². The molecule has 1 aliphatic carbocycles. The molecule has 0 aromatic heterocycles. The number of aromatic hydroxyl groups is 1. The predicted octanol–water partition coefficient (Wildman–Crippen LogP) is 3.97. The van der Waals surface area contributed by atoms with Gasteiger partial charge in [0.1, 0.15) is 6.61 Å². The molecule has 202 valence electrons. The zero-order chi connectivity index (χ0) is 27.4. The van der Waals surface area contributed by atoms with Gasteiger partial charge in [0.15, 0.2) is 28.8 Å². The minimum absolute atomic E-state index is 0.0344. The van der Waals surface area contributed by atoms with Crippen LogP contribution in [0.4, 0.5) is 0 Å². The maximum Gasteiger partial charge on any atom is 0.336 e. The number of ketones is 1. The van der Waals surface area contributed by atoms with Crippen molar-refractivity contribution in [1.29, 1.82) is 0 Å². The lowest BCUT2D eigenvalue weighted by atomic mass is 9.71. The van der Waals surface area contributed by atoms with E-state index in [4.69, 9.17) is 23.7 Å². The number of hydrogen-bond acceptors (Lipinski definition) is 9. The van der Waals surface area contributed by atoms with Crippen LogP contribution in [0, 0.1) is 0 Å². The third kappa shape index (κ3) is 5.19. The van der Waals surface area contributed by atoms with E-state index in [1.807, 2.05) is 18.2 Å². The van der Waals surface area contributed by atoms with Gasteiger partial charge in [0.2, 0.25) is 0 Å². The lowest BCUT2D eigenvalue weighted by Gasteiger charge is -2.37. The van der Waals surface area contributed by atoms with Crippen molar-refractivity contribution in [2.45, 2.75) is 31.6 Å². The molecule has 2 N–H and O–H groups in total. The van der Waals surface area contributed by atoms with Crippen LogP contribution >= 0.6 is 0 Å². The molecule has 0 spiro atoms. The molecule has 9 heteroatoms. The first kappa shape index (κ1) is 27.1. The van der Waals surface area contributed by atoms with Gasteiger partial charge in [-0.25, -0.2) is 4.79 Å². The van der Waals surface area contributed by atoms with E-state index in [1.165, 1.54) is 20.3 Å². The van der Waals surface area contributed by atoms with Gasteiger partial charge in [-0.1, -0.05) is 12.1 Å². The Hall–Kier alpha value is -3.98. The van der Waals surface area contributed by atoms with Gasteiger partial charge in [0.05, 0.1) is 33.5 Å². The van der Waals surface area contributed by atoms with Crippen LogP contribution in [0.5, 0.6) is 23.0 Å². The zero-order valence-electron chi connectivity index (χ0n) is 22.3. The number of phenolic OH excluding ortho intramolecular Hbond substituents is 1. The van der Waals surface area contributed by atoms with E-state index < -0.39 is 11.9 Å². The number of carbonyl (C=O) groups excluding carboxylic acids is 2. The molecule has 9 nitrogen and oxygen atoms in total. The number of esters is 1. The molecule has 0 unspecified atom stereocenters. The minimum atomic E-state index is -0.686. The highest BCUT2D eigenvalue weighted by Gasteiger charge is 2.41. The topological polar surface area (TPSA) is 113 Å². The van der Waals surface area contributed by atoms with Gasteiger partial charge in [0.25, 0.3) is 0 Å². The second kappa shape index (κ2) is 11.6. The molecule has 2 aromatic carbocycles. The first-order chi connectivity index (χ1) is 18.3. The number of benzene rings is 2. The summed E-state index contributed by atoms with van der Waals surface area (Å²) in [5, 5.41) is 13.5. The zero-order valence-corrected chi connectivity index (χ0v) is 22.3. The van der Waals surface area contributed by atoms with Crippen LogP contribution in [0.15, 0.2) is 58.9 Å². The molecule has 0 saturated carbocycles. The summed E-state index contributed by atoms with van der Waals surface area (Å²) in [6, 6.07) is 10.5. The fourth-order valence-corrected chi connectivity index (χ4v) is 5.15. The van der Waals surface area contributed by atoms with Crippen LogP contribution in [0.3, 0.4) is 0 Å². The first-order valence-electron chi connectivity index (χ1n) is 12.3. The minimum Gasteiger partial charge on any atom is -0.504 e. The second-order valence-electron chi connectivity index (χ2n) is 9.19. The third-order valence-corrected chi connectivity index (χ3v) is 6.98. The number of dihydropyridines is 1. The molecule has 0 saturated heterocycles. The lowest BCUT2D eigenvalue weighted by Crippen LogP contribution is -2.36. The van der Waals surface area contributed by atoms with Gasteiger partial charge in [0, 0.05) is 36.4 Å². The van der Waals surface area contributed by atoms with Crippen molar-refractivity contribution in [1.82, 2.24) is 5.32 Å². The van der Waals surface area contributed by atoms with Crippen molar-refractivity contribution < 1.29 is 38.4 Å². The van der Waals surface area contributed by atoms with Crippen molar-refractivity contribution in [2.24, 2.45) is 0 Å². The Kier molecular flexibility index (Phi) is 8.26. The molecule has 0 bridgehead atoms. The Morgan fingerprint density at radius 1 is 0.921 bits per heavy atom. The number of Topliss-reactive ketones (excluding diaryl/α,β-unsaturated/α-hetero) is 1. The molecule has 0 amide bonds. The summed E-state index contributed by atoms with van der Waals surface area (Å²) in [7, 11) is 6.14. The second-order valence-corrected chi connectivity index (χ2v) is 9.19. The van der Waals surface area contributed by atoms with Gasteiger partial charge in [-0.15, -0.1) is 0 Å². The third-order valence-electron chi connectivity index (χ3n) is 6.98. The number of ether oxygens (including phenoxy) is 5. The Morgan fingerprint density at radius 3 is 2.29 bits per heavy atom. The van der Waals surface area contributed by atoms with E-state index in [9.17, 15) is 14.7 Å². The number of rotatable bonds is 9. The van der Waals surface area contributed by atoms with E-state index in [1.54, 1.807) is 33.3 Å². The largest absolute Gasteiger partial charge is 0.504 e. The molecule has 2 atom stereocenters. The molecule has 38 heavy (non-hydrogen) atoms. The average molecular weight is 524 g/mol. The van der Waals surface area contributed by atoms with Crippen LogP contribution in [0.2, 0.25) is 0 Å². The quantitative estimate of drug-likeness (QED) is 0.372. The number of methoxy groups -OCH3 is 4. The highest BCUT2D eigenvalue weighted by atomic mass is 16.6. The van der Waals surface area contributed by atoms with Gasteiger partial charge < -0.3 is 34.1 Å². The Labute approximate surface area is 222 Å². The molecule has 2 aromatic rings. The predicted molar refractivity (Wildman–Crippen MR) is 140 cm³/mol. The fourth-order valence-electron chi connectivity index (χ4n) is 5.15. The molecule has 4 rings (SSSR count). The van der Waals surface area contributed by atoms with E-state index in [0.717, 1.165) is 11.3 Å². The van der Waals surface area contributed by atoms with E-state index in [-0.39, 0.29) is 42.8 Å². The summed E-state index contributed by atoms with van der Waals surface area (Å²) in [6.45, 7) is 2.13. The van der Waals surface area contributed by atoms with Crippen molar-refractivity contribution in [2.75, 3.05) is 41.7 Å². The van der Waals surface area contributed by atoms with Crippen molar-refractivity contribution in [3.05, 3.63) is 70.1 Å². The monoisotopic (exact) mass is 523 g/mol. The number of nitrogens with one attached hydrogen (secondary N) is 1. The standard InChI is InChI=1S/C29H33NO8/c1-16-26(29(33)38-11-10-34-2)27(18-6-8-21(31)24(15-18)36-4)28-20(30-16)12-19(13-22(28)32)17-7-9-23(35-3)25(14-17)37-5/h6-9,14-15,19,27,30-31H,10-13H2,1-5H3/t19-,27+/m0/s1. The first-order valence-corrected chi connectivity index (χ1v) is 12.3. The van der Waals surface area contributed by atoms with Crippen LogP contribution in [-0.2, 0) is 19.1 Å². The molecule has 1 heterocycles. The summed E-state index contributed by atoms with van der Waals surface area (Å²) in [4.78, 5) is 27.1. The summed E-state index contributed by atoms with van der Waals surface area (Å²) < 4.78 is 26.6. The number of carbonyl (C=O) groups is 2. The summed E-state index contributed by atoms with van der Waals surface area (Å²) in [6.07, 6.45) is 0.818. The fraction of sp³-hybridized carbons (Fsp3) is 0.379. The lowest BCUT2D eigenvalue weighted by molar-refractivity contribution is -0.140. The van der Waals surface area contributed by atoms with Crippen LogP contribution in [0.1, 0.15) is 42.7 Å². The summed E-state index contributed by atoms with van der Waals surface area (Å²) >= 11 is 0. The van der Waals surface area contributed by atoms with Crippen LogP contribution < -0.4 is 19.5 Å². The molecule has 0 radical (unpaired) electrons. The molecule has 0 fully saturated rings.